The van der Waals surface area contributed by atoms with Crippen molar-refractivity contribution in [2.24, 2.45) is 5.92 Å². The first kappa shape index (κ1) is 20.5. The van der Waals surface area contributed by atoms with Gasteiger partial charge in [0.2, 0.25) is 11.8 Å². The van der Waals surface area contributed by atoms with Gasteiger partial charge in [0.05, 0.1) is 5.92 Å². The second kappa shape index (κ2) is 8.90. The summed E-state index contributed by atoms with van der Waals surface area (Å²) in [6.07, 6.45) is 1.19. The largest absolute Gasteiger partial charge is 0.368 e. The molecule has 158 valence electrons. The lowest BCUT2D eigenvalue weighted by Crippen LogP contribution is -2.51. The van der Waals surface area contributed by atoms with Gasteiger partial charge in [-0.05, 0) is 43.0 Å². The molecule has 0 bridgehead atoms. The number of rotatable bonds is 5. The second-order valence-electron chi connectivity index (χ2n) is 8.51. The van der Waals surface area contributed by atoms with E-state index in [1.807, 2.05) is 28.0 Å². The number of carbonyl (C=O) groups excluding carboxylic acids is 2. The zero-order valence-corrected chi connectivity index (χ0v) is 18.0. The summed E-state index contributed by atoms with van der Waals surface area (Å²) >= 11 is 0. The molecular weight excluding hydrogens is 374 g/mol. The van der Waals surface area contributed by atoms with Crippen LogP contribution in [0.1, 0.15) is 23.1 Å². The Morgan fingerprint density at radius 1 is 0.967 bits per heavy atom. The fourth-order valence-electron chi connectivity index (χ4n) is 4.57. The molecule has 2 aliphatic heterocycles. The van der Waals surface area contributed by atoms with Crippen LogP contribution in [-0.2, 0) is 16.0 Å². The van der Waals surface area contributed by atoms with E-state index in [1.165, 1.54) is 22.4 Å². The van der Waals surface area contributed by atoms with E-state index < -0.39 is 0 Å². The summed E-state index contributed by atoms with van der Waals surface area (Å²) in [5.74, 6) is 0.0602. The summed E-state index contributed by atoms with van der Waals surface area (Å²) in [5, 5.41) is 0. The molecule has 1 atom stereocenters. The van der Waals surface area contributed by atoms with Crippen LogP contribution in [0.25, 0.3) is 0 Å². The molecule has 2 saturated heterocycles. The first-order valence-corrected chi connectivity index (χ1v) is 10.9. The Morgan fingerprint density at radius 3 is 2.43 bits per heavy atom. The number of amides is 2. The molecule has 30 heavy (non-hydrogen) atoms. The zero-order chi connectivity index (χ0) is 21.1. The molecule has 2 aromatic rings. The van der Waals surface area contributed by atoms with Crippen molar-refractivity contribution in [3.8, 4) is 0 Å². The number of nitrogens with zero attached hydrogens (tertiary/aromatic N) is 3. The van der Waals surface area contributed by atoms with E-state index in [9.17, 15) is 9.59 Å². The quantitative estimate of drug-likeness (QED) is 0.768. The van der Waals surface area contributed by atoms with Gasteiger partial charge in [0.15, 0.2) is 0 Å². The van der Waals surface area contributed by atoms with Crippen LogP contribution in [0.4, 0.5) is 5.69 Å². The van der Waals surface area contributed by atoms with Crippen LogP contribution in [0.2, 0.25) is 0 Å². The minimum Gasteiger partial charge on any atom is -0.368 e. The fraction of sp³-hybridized carbons (Fsp3) is 0.440. The highest BCUT2D eigenvalue weighted by atomic mass is 16.2. The lowest BCUT2D eigenvalue weighted by molar-refractivity contribution is -0.136. The van der Waals surface area contributed by atoms with Crippen LogP contribution < -0.4 is 4.90 Å². The molecule has 0 spiro atoms. The zero-order valence-electron chi connectivity index (χ0n) is 18.0. The summed E-state index contributed by atoms with van der Waals surface area (Å²) in [4.78, 5) is 31.7. The molecule has 0 aliphatic carbocycles. The summed E-state index contributed by atoms with van der Waals surface area (Å²) in [6.45, 7) is 8.68. The molecule has 2 aliphatic rings. The first-order chi connectivity index (χ1) is 14.5. The molecule has 0 N–H and O–H groups in total. The van der Waals surface area contributed by atoms with E-state index in [-0.39, 0.29) is 17.7 Å². The minimum atomic E-state index is -0.194. The lowest BCUT2D eigenvalue weighted by Gasteiger charge is -2.38. The van der Waals surface area contributed by atoms with E-state index in [0.717, 1.165) is 32.6 Å². The highest BCUT2D eigenvalue weighted by Crippen LogP contribution is 2.25. The summed E-state index contributed by atoms with van der Waals surface area (Å²) in [5.41, 5.74) is 5.10. The van der Waals surface area contributed by atoms with Crippen molar-refractivity contribution in [1.82, 2.24) is 9.80 Å². The third kappa shape index (κ3) is 4.35. The Labute approximate surface area is 179 Å². The van der Waals surface area contributed by atoms with Gasteiger partial charge in [-0.1, -0.05) is 42.5 Å². The van der Waals surface area contributed by atoms with Gasteiger partial charge in [-0.2, -0.15) is 0 Å². The van der Waals surface area contributed by atoms with Gasteiger partial charge in [0, 0.05) is 51.4 Å². The maximum Gasteiger partial charge on any atom is 0.228 e. The van der Waals surface area contributed by atoms with Crippen LogP contribution in [0.5, 0.6) is 0 Å². The third-order valence-electron chi connectivity index (χ3n) is 6.59. The van der Waals surface area contributed by atoms with Crippen molar-refractivity contribution < 1.29 is 9.59 Å². The van der Waals surface area contributed by atoms with Crippen LogP contribution in [0.15, 0.2) is 48.5 Å². The highest BCUT2D eigenvalue weighted by Gasteiger charge is 2.37. The smallest absolute Gasteiger partial charge is 0.228 e. The normalized spacial score (nSPS) is 19.5. The van der Waals surface area contributed by atoms with Crippen LogP contribution in [0, 0.1) is 19.8 Å². The molecule has 2 aromatic carbocycles. The second-order valence-corrected chi connectivity index (χ2v) is 8.51. The molecule has 0 saturated carbocycles. The molecule has 0 aromatic heterocycles. The molecule has 1 unspecified atom stereocenters. The molecule has 4 rings (SSSR count). The van der Waals surface area contributed by atoms with Crippen molar-refractivity contribution in [1.29, 1.82) is 0 Å². The number of piperazine rings is 1. The predicted molar refractivity (Wildman–Crippen MR) is 120 cm³/mol. The molecule has 2 amide bonds. The number of benzene rings is 2. The Kier molecular flexibility index (Phi) is 6.07. The Morgan fingerprint density at radius 2 is 1.70 bits per heavy atom. The average Bonchev–Trinajstić information content (AvgIpc) is 3.15. The molecule has 5 heteroatoms. The van der Waals surface area contributed by atoms with Gasteiger partial charge in [-0.3, -0.25) is 9.59 Å². The number of anilines is 1. The molecular formula is C25H31N3O2. The Bertz CT molecular complexity index is 904. The summed E-state index contributed by atoms with van der Waals surface area (Å²) < 4.78 is 0. The Hall–Kier alpha value is -2.82. The lowest BCUT2D eigenvalue weighted by atomic mass is 10.1. The SMILES string of the molecule is Cc1cccc(N2CCN(C(=O)C3CC(=O)N(CCc4ccccc4)C3)CC2)c1C. The van der Waals surface area contributed by atoms with Gasteiger partial charge < -0.3 is 14.7 Å². The predicted octanol–water partition coefficient (Wildman–Crippen LogP) is 3.04. The minimum absolute atomic E-state index is 0.110. The monoisotopic (exact) mass is 405 g/mol. The van der Waals surface area contributed by atoms with E-state index in [1.54, 1.807) is 0 Å². The molecule has 0 radical (unpaired) electrons. The number of likely N-dealkylation sites (tertiary alicyclic amines) is 1. The van der Waals surface area contributed by atoms with E-state index in [0.29, 0.717) is 19.5 Å². The van der Waals surface area contributed by atoms with E-state index in [4.69, 9.17) is 0 Å². The third-order valence-corrected chi connectivity index (χ3v) is 6.59. The number of carbonyl (C=O) groups is 2. The highest BCUT2D eigenvalue weighted by molar-refractivity contribution is 5.89. The van der Waals surface area contributed by atoms with Crippen molar-refractivity contribution in [3.63, 3.8) is 0 Å². The summed E-state index contributed by atoms with van der Waals surface area (Å²) in [6, 6.07) is 16.6. The van der Waals surface area contributed by atoms with Gasteiger partial charge in [-0.15, -0.1) is 0 Å². The van der Waals surface area contributed by atoms with Crippen LogP contribution >= 0.6 is 0 Å². The summed E-state index contributed by atoms with van der Waals surface area (Å²) in [7, 11) is 0. The van der Waals surface area contributed by atoms with Gasteiger partial charge in [0.1, 0.15) is 0 Å². The van der Waals surface area contributed by atoms with Gasteiger partial charge in [0.25, 0.3) is 0 Å². The molecule has 5 nitrogen and oxygen atoms in total. The number of aryl methyl sites for hydroxylation is 1. The van der Waals surface area contributed by atoms with Gasteiger partial charge in [-0.25, -0.2) is 0 Å². The van der Waals surface area contributed by atoms with Gasteiger partial charge >= 0.3 is 0 Å². The standard InChI is InChI=1S/C25H31N3O2/c1-19-7-6-10-23(20(19)2)26-13-15-27(16-14-26)25(30)22-17-24(29)28(18-22)12-11-21-8-4-3-5-9-21/h3-10,22H,11-18H2,1-2H3. The van der Waals surface area contributed by atoms with E-state index >= 15 is 0 Å². The maximum atomic E-state index is 13.1. The van der Waals surface area contributed by atoms with E-state index in [2.05, 4.69) is 49.1 Å². The maximum absolute atomic E-state index is 13.1. The fourth-order valence-corrected chi connectivity index (χ4v) is 4.57. The van der Waals surface area contributed by atoms with Crippen LogP contribution in [-0.4, -0.2) is 60.9 Å². The molecule has 2 heterocycles. The first-order valence-electron chi connectivity index (χ1n) is 10.9. The average molecular weight is 406 g/mol. The molecule has 2 fully saturated rings. The number of hydrogen-bond donors (Lipinski definition) is 0. The Balaban J connectivity index is 1.30. The van der Waals surface area contributed by atoms with Crippen molar-refractivity contribution >= 4 is 17.5 Å². The van der Waals surface area contributed by atoms with Crippen molar-refractivity contribution in [2.45, 2.75) is 26.7 Å². The number of hydrogen-bond acceptors (Lipinski definition) is 3. The van der Waals surface area contributed by atoms with Crippen LogP contribution in [0.3, 0.4) is 0 Å². The van der Waals surface area contributed by atoms with Crippen molar-refractivity contribution in [2.75, 3.05) is 44.2 Å². The van der Waals surface area contributed by atoms with Crippen molar-refractivity contribution in [3.05, 3.63) is 65.2 Å². The topological polar surface area (TPSA) is 43.9 Å².